The fourth-order valence-corrected chi connectivity index (χ4v) is 2.36. The van der Waals surface area contributed by atoms with E-state index >= 15 is 0 Å². The first-order valence-corrected chi connectivity index (χ1v) is 9.29. The van der Waals surface area contributed by atoms with Crippen molar-refractivity contribution in [3.8, 4) is 11.5 Å². The molecule has 1 N–H and O–H groups in total. The highest BCUT2D eigenvalue weighted by Gasteiger charge is 2.03. The lowest BCUT2D eigenvalue weighted by atomic mass is 10.1. The van der Waals surface area contributed by atoms with Crippen molar-refractivity contribution in [3.05, 3.63) is 54.1 Å². The maximum Gasteiger partial charge on any atom is 0.121 e. The van der Waals surface area contributed by atoms with Gasteiger partial charge < -0.3 is 14.8 Å². The van der Waals surface area contributed by atoms with Gasteiger partial charge in [0.1, 0.15) is 11.5 Å². The molecule has 0 spiro atoms. The van der Waals surface area contributed by atoms with E-state index in [4.69, 9.17) is 9.47 Å². The van der Waals surface area contributed by atoms with Crippen LogP contribution in [0.4, 0.5) is 5.69 Å². The van der Waals surface area contributed by atoms with Crippen molar-refractivity contribution in [1.82, 2.24) is 0 Å². The molecule has 25 heavy (non-hydrogen) atoms. The number of hydrogen-bond acceptors (Lipinski definition) is 3. The Hall–Kier alpha value is -2.16. The summed E-state index contributed by atoms with van der Waals surface area (Å²) < 4.78 is 11.7. The molecule has 3 heteroatoms. The third-order valence-corrected chi connectivity index (χ3v) is 4.11. The Morgan fingerprint density at radius 3 is 2.48 bits per heavy atom. The minimum atomic E-state index is 0.231. The Bertz CT molecular complexity index is 639. The summed E-state index contributed by atoms with van der Waals surface area (Å²) in [5.74, 6) is 2.51. The van der Waals surface area contributed by atoms with Gasteiger partial charge in [-0.25, -0.2) is 0 Å². The largest absolute Gasteiger partial charge is 0.494 e. The summed E-state index contributed by atoms with van der Waals surface area (Å²) in [6.07, 6.45) is 2.31. The number of nitrogens with one attached hydrogen (secondary N) is 1. The summed E-state index contributed by atoms with van der Waals surface area (Å²) in [4.78, 5) is 0. The molecule has 136 valence electrons. The topological polar surface area (TPSA) is 30.5 Å². The Balaban J connectivity index is 1.89. The zero-order valence-corrected chi connectivity index (χ0v) is 15.9. The summed E-state index contributed by atoms with van der Waals surface area (Å²) in [6, 6.07) is 16.4. The standard InChI is InChI=1S/C22H31NO2/c1-5-18(4)25-22-11-7-9-20(15-22)23-16-19-8-6-10-21(14-19)24-13-12-17(2)3/h6-11,14-15,17-18,23H,5,12-13,16H2,1-4H3. The molecular weight excluding hydrogens is 310 g/mol. The van der Waals surface area contributed by atoms with Crippen molar-refractivity contribution in [2.45, 2.75) is 53.2 Å². The van der Waals surface area contributed by atoms with Gasteiger partial charge in [0.05, 0.1) is 12.7 Å². The Kier molecular flexibility index (Phi) is 7.65. The van der Waals surface area contributed by atoms with E-state index < -0.39 is 0 Å². The number of ether oxygens (including phenoxy) is 2. The first kappa shape index (κ1) is 19.2. The first-order chi connectivity index (χ1) is 12.1. The van der Waals surface area contributed by atoms with Crippen molar-refractivity contribution >= 4 is 5.69 Å². The van der Waals surface area contributed by atoms with Gasteiger partial charge in [0.25, 0.3) is 0 Å². The van der Waals surface area contributed by atoms with Crippen LogP contribution in [0.1, 0.15) is 46.1 Å². The van der Waals surface area contributed by atoms with Crippen LogP contribution in [0.3, 0.4) is 0 Å². The molecule has 0 heterocycles. The molecule has 0 bridgehead atoms. The molecule has 0 aliphatic heterocycles. The second-order valence-corrected chi connectivity index (χ2v) is 6.90. The van der Waals surface area contributed by atoms with Crippen LogP contribution in [0.2, 0.25) is 0 Å². The van der Waals surface area contributed by atoms with Gasteiger partial charge in [-0.15, -0.1) is 0 Å². The molecule has 1 atom stereocenters. The van der Waals surface area contributed by atoms with Crippen LogP contribution < -0.4 is 14.8 Å². The van der Waals surface area contributed by atoms with Gasteiger partial charge in [0.2, 0.25) is 0 Å². The predicted octanol–water partition coefficient (Wildman–Crippen LogP) is 5.90. The number of rotatable bonds is 10. The average Bonchev–Trinajstić information content (AvgIpc) is 2.60. The highest BCUT2D eigenvalue weighted by Crippen LogP contribution is 2.21. The fraction of sp³-hybridized carbons (Fsp3) is 0.455. The molecule has 0 saturated heterocycles. The summed E-state index contributed by atoms with van der Waals surface area (Å²) in [5, 5.41) is 3.46. The van der Waals surface area contributed by atoms with E-state index in [1.54, 1.807) is 0 Å². The molecule has 0 aliphatic rings. The van der Waals surface area contributed by atoms with Crippen LogP contribution in [0, 0.1) is 5.92 Å². The lowest BCUT2D eigenvalue weighted by Gasteiger charge is -2.14. The van der Waals surface area contributed by atoms with Crippen molar-refractivity contribution in [1.29, 1.82) is 0 Å². The average molecular weight is 341 g/mol. The van der Waals surface area contributed by atoms with Gasteiger partial charge in [-0.1, -0.05) is 39.0 Å². The van der Waals surface area contributed by atoms with E-state index in [1.807, 2.05) is 24.3 Å². The highest BCUT2D eigenvalue weighted by atomic mass is 16.5. The minimum Gasteiger partial charge on any atom is -0.494 e. The Labute approximate surface area is 152 Å². The number of hydrogen-bond donors (Lipinski definition) is 1. The second kappa shape index (κ2) is 9.97. The highest BCUT2D eigenvalue weighted by molar-refractivity contribution is 5.48. The predicted molar refractivity (Wildman–Crippen MR) is 106 cm³/mol. The molecule has 0 amide bonds. The Morgan fingerprint density at radius 2 is 1.72 bits per heavy atom. The van der Waals surface area contributed by atoms with E-state index in [1.165, 1.54) is 5.56 Å². The summed E-state index contributed by atoms with van der Waals surface area (Å²) in [5.41, 5.74) is 2.27. The van der Waals surface area contributed by atoms with Crippen molar-refractivity contribution < 1.29 is 9.47 Å². The number of anilines is 1. The van der Waals surface area contributed by atoms with Crippen molar-refractivity contribution in [2.24, 2.45) is 5.92 Å². The zero-order chi connectivity index (χ0) is 18.1. The van der Waals surface area contributed by atoms with E-state index in [2.05, 4.69) is 57.3 Å². The van der Waals surface area contributed by atoms with E-state index in [0.717, 1.165) is 43.2 Å². The summed E-state index contributed by atoms with van der Waals surface area (Å²) >= 11 is 0. The van der Waals surface area contributed by atoms with Crippen LogP contribution in [0.15, 0.2) is 48.5 Å². The minimum absolute atomic E-state index is 0.231. The first-order valence-electron chi connectivity index (χ1n) is 9.29. The van der Waals surface area contributed by atoms with E-state index in [0.29, 0.717) is 5.92 Å². The fourth-order valence-electron chi connectivity index (χ4n) is 2.36. The summed E-state index contributed by atoms with van der Waals surface area (Å²) in [7, 11) is 0. The summed E-state index contributed by atoms with van der Waals surface area (Å²) in [6.45, 7) is 10.2. The molecule has 0 fully saturated rings. The molecular formula is C22H31NO2. The van der Waals surface area contributed by atoms with Gasteiger partial charge >= 0.3 is 0 Å². The van der Waals surface area contributed by atoms with Crippen LogP contribution in [0.5, 0.6) is 11.5 Å². The molecule has 2 rings (SSSR count). The van der Waals surface area contributed by atoms with E-state index in [9.17, 15) is 0 Å². The molecule has 0 aliphatic carbocycles. The molecule has 2 aromatic carbocycles. The van der Waals surface area contributed by atoms with E-state index in [-0.39, 0.29) is 6.10 Å². The normalized spacial score (nSPS) is 12.0. The molecule has 0 aromatic heterocycles. The maximum absolute atomic E-state index is 5.88. The lowest BCUT2D eigenvalue weighted by molar-refractivity contribution is 0.217. The van der Waals surface area contributed by atoms with Crippen molar-refractivity contribution in [2.75, 3.05) is 11.9 Å². The van der Waals surface area contributed by atoms with Gasteiger partial charge in [-0.2, -0.15) is 0 Å². The van der Waals surface area contributed by atoms with Crippen LogP contribution in [-0.2, 0) is 6.54 Å². The molecule has 1 unspecified atom stereocenters. The van der Waals surface area contributed by atoms with Gasteiger partial charge in [-0.3, -0.25) is 0 Å². The smallest absolute Gasteiger partial charge is 0.121 e. The Morgan fingerprint density at radius 1 is 0.960 bits per heavy atom. The molecule has 0 saturated carbocycles. The number of benzene rings is 2. The monoisotopic (exact) mass is 341 g/mol. The molecule has 3 nitrogen and oxygen atoms in total. The van der Waals surface area contributed by atoms with Crippen LogP contribution in [0.25, 0.3) is 0 Å². The quantitative estimate of drug-likeness (QED) is 0.583. The lowest BCUT2D eigenvalue weighted by Crippen LogP contribution is -2.09. The molecule has 0 radical (unpaired) electrons. The third-order valence-electron chi connectivity index (χ3n) is 4.11. The second-order valence-electron chi connectivity index (χ2n) is 6.90. The molecule has 2 aromatic rings. The SMILES string of the molecule is CCC(C)Oc1cccc(NCc2cccc(OCCC(C)C)c2)c1. The van der Waals surface area contributed by atoms with Crippen LogP contribution >= 0.6 is 0 Å². The van der Waals surface area contributed by atoms with Gasteiger partial charge in [-0.05, 0) is 55.5 Å². The van der Waals surface area contributed by atoms with Gasteiger partial charge in [0, 0.05) is 18.3 Å². The van der Waals surface area contributed by atoms with Crippen LogP contribution in [-0.4, -0.2) is 12.7 Å². The van der Waals surface area contributed by atoms with Crippen molar-refractivity contribution in [3.63, 3.8) is 0 Å². The van der Waals surface area contributed by atoms with Gasteiger partial charge in [0.15, 0.2) is 0 Å². The zero-order valence-electron chi connectivity index (χ0n) is 15.9. The maximum atomic E-state index is 5.88. The third kappa shape index (κ3) is 7.08.